The third-order valence-corrected chi connectivity index (χ3v) is 4.20. The van der Waals surface area contributed by atoms with Gasteiger partial charge in [-0.25, -0.2) is 9.18 Å². The summed E-state index contributed by atoms with van der Waals surface area (Å²) in [4.78, 5) is 16.6. The van der Waals surface area contributed by atoms with E-state index in [0.29, 0.717) is 11.5 Å². The SMILES string of the molecule is CC(c1cccc(C2CC(c3ccc(F)cc3)=NO2)c1)N(O)C(N)=O. The Kier molecular flexibility index (Phi) is 4.67. The lowest BCUT2D eigenvalue weighted by atomic mass is 9.97. The Morgan fingerprint density at radius 2 is 2.08 bits per heavy atom. The zero-order valence-electron chi connectivity index (χ0n) is 13.6. The Labute approximate surface area is 144 Å². The van der Waals surface area contributed by atoms with Gasteiger partial charge >= 0.3 is 6.03 Å². The number of rotatable bonds is 4. The van der Waals surface area contributed by atoms with E-state index in [1.807, 2.05) is 18.2 Å². The van der Waals surface area contributed by atoms with Crippen molar-refractivity contribution in [2.45, 2.75) is 25.5 Å². The zero-order valence-corrected chi connectivity index (χ0v) is 13.6. The predicted molar refractivity (Wildman–Crippen MR) is 89.4 cm³/mol. The summed E-state index contributed by atoms with van der Waals surface area (Å²) in [6.07, 6.45) is 0.259. The lowest BCUT2D eigenvalue weighted by molar-refractivity contribution is -0.0710. The molecule has 0 fully saturated rings. The molecule has 0 spiro atoms. The molecule has 6 nitrogen and oxygen atoms in total. The summed E-state index contributed by atoms with van der Waals surface area (Å²) >= 11 is 0. The molecule has 3 rings (SSSR count). The van der Waals surface area contributed by atoms with E-state index in [1.54, 1.807) is 25.1 Å². The molecule has 25 heavy (non-hydrogen) atoms. The number of carbonyl (C=O) groups is 1. The number of oxime groups is 1. The van der Waals surface area contributed by atoms with Gasteiger partial charge in [0.15, 0.2) is 6.10 Å². The fourth-order valence-electron chi connectivity index (χ4n) is 2.72. The molecule has 0 saturated heterocycles. The number of hydrogen-bond acceptors (Lipinski definition) is 4. The number of amides is 2. The first-order chi connectivity index (χ1) is 12.0. The van der Waals surface area contributed by atoms with Crippen molar-refractivity contribution in [3.05, 3.63) is 71.0 Å². The average molecular weight is 343 g/mol. The summed E-state index contributed by atoms with van der Waals surface area (Å²) < 4.78 is 13.0. The van der Waals surface area contributed by atoms with Gasteiger partial charge in [-0.1, -0.05) is 35.5 Å². The number of hydrogen-bond donors (Lipinski definition) is 2. The third-order valence-electron chi connectivity index (χ3n) is 4.20. The van der Waals surface area contributed by atoms with E-state index in [0.717, 1.165) is 22.4 Å². The first kappa shape index (κ1) is 16.9. The number of nitrogens with two attached hydrogens (primary N) is 1. The second-order valence-corrected chi connectivity index (χ2v) is 5.87. The van der Waals surface area contributed by atoms with Gasteiger partial charge in [-0.15, -0.1) is 0 Å². The van der Waals surface area contributed by atoms with Crippen molar-refractivity contribution in [3.63, 3.8) is 0 Å². The van der Waals surface area contributed by atoms with E-state index in [2.05, 4.69) is 5.16 Å². The molecule has 1 aliphatic heterocycles. The fraction of sp³-hybridized carbons (Fsp3) is 0.222. The summed E-state index contributed by atoms with van der Waals surface area (Å²) in [6, 6.07) is 11.9. The number of carbonyl (C=O) groups excluding carboxylic acids is 1. The average Bonchev–Trinajstić information content (AvgIpc) is 3.11. The number of halogens is 1. The summed E-state index contributed by atoms with van der Waals surface area (Å²) in [5.41, 5.74) is 8.23. The maximum Gasteiger partial charge on any atom is 0.339 e. The number of urea groups is 1. The maximum absolute atomic E-state index is 13.0. The minimum atomic E-state index is -0.919. The number of primary amides is 1. The zero-order chi connectivity index (χ0) is 18.0. The topological polar surface area (TPSA) is 88.2 Å². The molecular formula is C18H18FN3O3. The smallest absolute Gasteiger partial charge is 0.339 e. The van der Waals surface area contributed by atoms with Crippen LogP contribution >= 0.6 is 0 Å². The van der Waals surface area contributed by atoms with Gasteiger partial charge in [0.1, 0.15) is 5.82 Å². The van der Waals surface area contributed by atoms with E-state index in [1.165, 1.54) is 12.1 Å². The van der Waals surface area contributed by atoms with Crippen LogP contribution in [0, 0.1) is 5.82 Å². The maximum atomic E-state index is 13.0. The van der Waals surface area contributed by atoms with Crippen LogP contribution in [0.2, 0.25) is 0 Å². The minimum absolute atomic E-state index is 0.284. The van der Waals surface area contributed by atoms with Gasteiger partial charge in [-0.3, -0.25) is 5.21 Å². The van der Waals surface area contributed by atoms with Gasteiger partial charge in [0, 0.05) is 6.42 Å². The Hall–Kier alpha value is -2.93. The van der Waals surface area contributed by atoms with Crippen LogP contribution in [0.15, 0.2) is 53.7 Å². The highest BCUT2D eigenvalue weighted by Gasteiger charge is 2.25. The molecule has 0 saturated carbocycles. The Morgan fingerprint density at radius 3 is 2.76 bits per heavy atom. The Balaban J connectivity index is 1.75. The van der Waals surface area contributed by atoms with Gasteiger partial charge in [-0.2, -0.15) is 5.06 Å². The summed E-state index contributed by atoms with van der Waals surface area (Å²) in [5.74, 6) is -0.301. The van der Waals surface area contributed by atoms with E-state index >= 15 is 0 Å². The molecule has 0 bridgehead atoms. The molecule has 130 valence electrons. The van der Waals surface area contributed by atoms with Crippen molar-refractivity contribution in [2.75, 3.05) is 0 Å². The highest BCUT2D eigenvalue weighted by Crippen LogP contribution is 2.31. The van der Waals surface area contributed by atoms with Crippen LogP contribution in [0.25, 0.3) is 0 Å². The van der Waals surface area contributed by atoms with Gasteiger partial charge in [0.05, 0.1) is 11.8 Å². The van der Waals surface area contributed by atoms with Crippen LogP contribution in [0.3, 0.4) is 0 Å². The van der Waals surface area contributed by atoms with Gasteiger partial charge in [0.2, 0.25) is 0 Å². The monoisotopic (exact) mass is 343 g/mol. The van der Waals surface area contributed by atoms with Crippen LogP contribution in [0.5, 0.6) is 0 Å². The standard InChI is InChI=1S/C18H18FN3O3/c1-11(22(24)18(20)23)13-3-2-4-14(9-13)17-10-16(21-25-17)12-5-7-15(19)8-6-12/h2-9,11,17,24H,10H2,1H3,(H2,20,23). The molecule has 3 N–H and O–H groups in total. The number of hydroxylamine groups is 2. The van der Waals surface area contributed by atoms with Gasteiger partial charge in [0.25, 0.3) is 0 Å². The second kappa shape index (κ2) is 6.90. The Morgan fingerprint density at radius 1 is 1.36 bits per heavy atom. The number of nitrogens with zero attached hydrogens (tertiary/aromatic N) is 2. The molecule has 2 atom stereocenters. The lowest BCUT2D eigenvalue weighted by Gasteiger charge is -2.21. The molecule has 0 aromatic heterocycles. The van der Waals surface area contributed by atoms with Crippen molar-refractivity contribution in [1.82, 2.24) is 5.06 Å². The highest BCUT2D eigenvalue weighted by atomic mass is 19.1. The first-order valence-electron chi connectivity index (χ1n) is 7.81. The van der Waals surface area contributed by atoms with E-state index < -0.39 is 12.1 Å². The van der Waals surface area contributed by atoms with Crippen LogP contribution in [0.1, 0.15) is 42.2 Å². The fourth-order valence-corrected chi connectivity index (χ4v) is 2.72. The minimum Gasteiger partial charge on any atom is -0.387 e. The highest BCUT2D eigenvalue weighted by molar-refractivity contribution is 6.01. The first-order valence-corrected chi connectivity index (χ1v) is 7.81. The lowest BCUT2D eigenvalue weighted by Crippen LogP contribution is -2.34. The normalized spacial score (nSPS) is 17.6. The van der Waals surface area contributed by atoms with Crippen molar-refractivity contribution in [1.29, 1.82) is 0 Å². The van der Waals surface area contributed by atoms with Crippen LogP contribution in [0.4, 0.5) is 9.18 Å². The molecule has 2 unspecified atom stereocenters. The molecule has 0 radical (unpaired) electrons. The van der Waals surface area contributed by atoms with Crippen molar-refractivity contribution in [3.8, 4) is 0 Å². The Bertz CT molecular complexity index is 807. The molecule has 2 amide bonds. The van der Waals surface area contributed by atoms with Crippen molar-refractivity contribution < 1.29 is 19.2 Å². The third kappa shape index (κ3) is 3.61. The molecule has 2 aromatic rings. The largest absolute Gasteiger partial charge is 0.387 e. The van der Waals surface area contributed by atoms with E-state index in [9.17, 15) is 14.4 Å². The quantitative estimate of drug-likeness (QED) is 0.657. The van der Waals surface area contributed by atoms with Crippen molar-refractivity contribution in [2.24, 2.45) is 10.9 Å². The summed E-state index contributed by atoms with van der Waals surface area (Å²) in [6.45, 7) is 1.67. The molecule has 1 aliphatic rings. The molecule has 0 aliphatic carbocycles. The summed E-state index contributed by atoms with van der Waals surface area (Å²) in [5, 5.41) is 14.3. The predicted octanol–water partition coefficient (Wildman–Crippen LogP) is 3.52. The van der Waals surface area contributed by atoms with Gasteiger partial charge in [-0.05, 0) is 41.8 Å². The second-order valence-electron chi connectivity index (χ2n) is 5.87. The van der Waals surface area contributed by atoms with Gasteiger partial charge < -0.3 is 10.6 Å². The van der Waals surface area contributed by atoms with E-state index in [4.69, 9.17) is 10.6 Å². The molecule has 7 heteroatoms. The number of benzene rings is 2. The summed E-state index contributed by atoms with van der Waals surface area (Å²) in [7, 11) is 0. The molecule has 2 aromatic carbocycles. The van der Waals surface area contributed by atoms with E-state index in [-0.39, 0.29) is 11.9 Å². The van der Waals surface area contributed by atoms with Crippen molar-refractivity contribution >= 4 is 11.7 Å². The molecule has 1 heterocycles. The van der Waals surface area contributed by atoms with Crippen LogP contribution in [-0.4, -0.2) is 22.0 Å². The van der Waals surface area contributed by atoms with Crippen LogP contribution < -0.4 is 5.73 Å². The van der Waals surface area contributed by atoms with Crippen LogP contribution in [-0.2, 0) is 4.84 Å². The molecular weight excluding hydrogens is 325 g/mol.